The highest BCUT2D eigenvalue weighted by Gasteiger charge is 2.18. The van der Waals surface area contributed by atoms with Crippen molar-refractivity contribution in [1.82, 2.24) is 9.78 Å². The highest BCUT2D eigenvalue weighted by molar-refractivity contribution is 9.10. The van der Waals surface area contributed by atoms with E-state index in [1.54, 1.807) is 0 Å². The molecule has 1 heterocycles. The third-order valence-corrected chi connectivity index (χ3v) is 2.24. The maximum atomic E-state index is 10.6. The minimum atomic E-state index is -1.07. The first-order chi connectivity index (χ1) is 5.57. The van der Waals surface area contributed by atoms with Crippen LogP contribution in [0.5, 0.6) is 0 Å². The summed E-state index contributed by atoms with van der Waals surface area (Å²) in [6.07, 6.45) is 0. The van der Waals surface area contributed by atoms with Gasteiger partial charge >= 0.3 is 5.97 Å². The number of aryl methyl sites for hydroxylation is 1. The molecule has 0 spiro atoms. The largest absolute Gasteiger partial charge is 0.476 e. The van der Waals surface area contributed by atoms with E-state index >= 15 is 0 Å². The molecule has 12 heavy (non-hydrogen) atoms. The molecule has 0 saturated carbocycles. The first-order valence-electron chi connectivity index (χ1n) is 3.13. The van der Waals surface area contributed by atoms with Crippen molar-refractivity contribution in [3.63, 3.8) is 0 Å². The van der Waals surface area contributed by atoms with Crippen molar-refractivity contribution in [2.75, 3.05) is 0 Å². The van der Waals surface area contributed by atoms with E-state index in [-0.39, 0.29) is 12.3 Å². The average molecular weight is 235 g/mol. The molecule has 66 valence electrons. The van der Waals surface area contributed by atoms with Gasteiger partial charge in [-0.3, -0.25) is 4.68 Å². The summed E-state index contributed by atoms with van der Waals surface area (Å²) in [5, 5.41) is 21.2. The van der Waals surface area contributed by atoms with Crippen LogP contribution < -0.4 is 0 Å². The Balaban J connectivity index is 3.28. The fourth-order valence-electron chi connectivity index (χ4n) is 0.887. The Morgan fingerprint density at radius 1 is 1.75 bits per heavy atom. The Morgan fingerprint density at radius 3 is 2.58 bits per heavy atom. The van der Waals surface area contributed by atoms with Crippen molar-refractivity contribution in [3.05, 3.63) is 15.9 Å². The third kappa shape index (κ3) is 1.35. The summed E-state index contributed by atoms with van der Waals surface area (Å²) in [5.74, 6) is -1.07. The van der Waals surface area contributed by atoms with Gasteiger partial charge in [-0.25, -0.2) is 4.79 Å². The molecule has 0 unspecified atom stereocenters. The number of hydrogen-bond acceptors (Lipinski definition) is 3. The molecule has 0 atom stereocenters. The second kappa shape index (κ2) is 3.24. The Morgan fingerprint density at radius 2 is 2.33 bits per heavy atom. The summed E-state index contributed by atoms with van der Waals surface area (Å²) in [6, 6.07) is 0. The summed E-state index contributed by atoms with van der Waals surface area (Å²) < 4.78 is 1.54. The standard InChI is InChI=1S/C6H7BrN2O3/c1-9-5(6(11)12)4(7)3(2-10)8-9/h10H,2H2,1H3,(H,11,12). The molecule has 1 aromatic heterocycles. The zero-order valence-electron chi connectivity index (χ0n) is 6.28. The first-order valence-corrected chi connectivity index (χ1v) is 3.92. The molecule has 0 fully saturated rings. The number of carboxylic acids is 1. The van der Waals surface area contributed by atoms with Gasteiger partial charge in [-0.1, -0.05) is 0 Å². The van der Waals surface area contributed by atoms with Crippen LogP contribution in [0.25, 0.3) is 0 Å². The van der Waals surface area contributed by atoms with E-state index in [4.69, 9.17) is 10.2 Å². The van der Waals surface area contributed by atoms with Crippen LogP contribution in [0.4, 0.5) is 0 Å². The second-order valence-corrected chi connectivity index (χ2v) is 2.99. The molecule has 0 amide bonds. The maximum Gasteiger partial charge on any atom is 0.355 e. The number of carboxylic acid groups (broad SMARTS) is 1. The van der Waals surface area contributed by atoms with Gasteiger partial charge in [0.25, 0.3) is 0 Å². The molecule has 0 saturated heterocycles. The number of carbonyl (C=O) groups is 1. The third-order valence-electron chi connectivity index (χ3n) is 1.41. The van der Waals surface area contributed by atoms with Crippen LogP contribution in [-0.2, 0) is 13.7 Å². The number of halogens is 1. The summed E-state index contributed by atoms with van der Waals surface area (Å²) >= 11 is 3.04. The molecular weight excluding hydrogens is 228 g/mol. The normalized spacial score (nSPS) is 10.2. The minimum Gasteiger partial charge on any atom is -0.476 e. The van der Waals surface area contributed by atoms with Crippen LogP contribution in [0.15, 0.2) is 4.47 Å². The quantitative estimate of drug-likeness (QED) is 0.776. The van der Waals surface area contributed by atoms with Gasteiger partial charge in [0.1, 0.15) is 5.69 Å². The summed E-state index contributed by atoms with van der Waals surface area (Å²) in [7, 11) is 1.51. The zero-order valence-corrected chi connectivity index (χ0v) is 7.87. The van der Waals surface area contributed by atoms with E-state index in [1.165, 1.54) is 11.7 Å². The van der Waals surface area contributed by atoms with Crippen LogP contribution in [0.3, 0.4) is 0 Å². The van der Waals surface area contributed by atoms with E-state index < -0.39 is 5.97 Å². The molecule has 2 N–H and O–H groups in total. The van der Waals surface area contributed by atoms with Crippen LogP contribution in [-0.4, -0.2) is 26.0 Å². The van der Waals surface area contributed by atoms with Gasteiger partial charge in [0.2, 0.25) is 0 Å². The fourth-order valence-corrected chi connectivity index (χ4v) is 1.52. The second-order valence-electron chi connectivity index (χ2n) is 2.20. The number of aliphatic hydroxyl groups excluding tert-OH is 1. The molecule has 0 radical (unpaired) electrons. The predicted molar refractivity (Wildman–Crippen MR) is 43.8 cm³/mol. The van der Waals surface area contributed by atoms with Gasteiger partial charge in [0, 0.05) is 7.05 Å². The summed E-state index contributed by atoms with van der Waals surface area (Å²) in [4.78, 5) is 10.6. The Bertz CT molecular complexity index is 321. The van der Waals surface area contributed by atoms with Crippen molar-refractivity contribution in [1.29, 1.82) is 0 Å². The monoisotopic (exact) mass is 234 g/mol. The smallest absolute Gasteiger partial charge is 0.355 e. The van der Waals surface area contributed by atoms with Crippen LogP contribution >= 0.6 is 15.9 Å². The molecule has 5 nitrogen and oxygen atoms in total. The zero-order chi connectivity index (χ0) is 9.30. The fraction of sp³-hybridized carbons (Fsp3) is 0.333. The van der Waals surface area contributed by atoms with E-state index in [0.717, 1.165) is 0 Å². The van der Waals surface area contributed by atoms with Crippen molar-refractivity contribution in [3.8, 4) is 0 Å². The molecule has 6 heteroatoms. The average Bonchev–Trinajstić information content (AvgIpc) is 2.25. The lowest BCUT2D eigenvalue weighted by molar-refractivity contribution is 0.0684. The van der Waals surface area contributed by atoms with Crippen LogP contribution in [0, 0.1) is 0 Å². The molecular formula is C6H7BrN2O3. The predicted octanol–water partition coefficient (Wildman–Crippen LogP) is 0.373. The van der Waals surface area contributed by atoms with Crippen molar-refractivity contribution in [2.24, 2.45) is 7.05 Å². The van der Waals surface area contributed by atoms with E-state index in [2.05, 4.69) is 21.0 Å². The van der Waals surface area contributed by atoms with Gasteiger partial charge in [-0.15, -0.1) is 0 Å². The SMILES string of the molecule is Cn1nc(CO)c(Br)c1C(=O)O. The van der Waals surface area contributed by atoms with Gasteiger partial charge in [-0.2, -0.15) is 5.10 Å². The lowest BCUT2D eigenvalue weighted by atomic mass is 10.3. The number of hydrogen-bond donors (Lipinski definition) is 2. The lowest BCUT2D eigenvalue weighted by Gasteiger charge is -1.93. The van der Waals surface area contributed by atoms with Crippen LogP contribution in [0.2, 0.25) is 0 Å². The molecule has 0 aromatic carbocycles. The van der Waals surface area contributed by atoms with Gasteiger partial charge in [0.15, 0.2) is 5.69 Å². The Labute approximate surface area is 76.8 Å². The minimum absolute atomic E-state index is 0.0408. The number of aliphatic hydroxyl groups is 1. The van der Waals surface area contributed by atoms with Gasteiger partial charge in [-0.05, 0) is 15.9 Å². The van der Waals surface area contributed by atoms with Crippen molar-refractivity contribution in [2.45, 2.75) is 6.61 Å². The molecule has 0 aliphatic carbocycles. The Kier molecular flexibility index (Phi) is 2.49. The van der Waals surface area contributed by atoms with E-state index in [0.29, 0.717) is 10.2 Å². The molecule has 0 aliphatic rings. The number of aromatic carboxylic acids is 1. The number of aromatic nitrogens is 2. The van der Waals surface area contributed by atoms with Gasteiger partial charge in [0.05, 0.1) is 11.1 Å². The van der Waals surface area contributed by atoms with E-state index in [1.807, 2.05) is 0 Å². The van der Waals surface area contributed by atoms with Crippen LogP contribution in [0.1, 0.15) is 16.2 Å². The highest BCUT2D eigenvalue weighted by Crippen LogP contribution is 2.20. The van der Waals surface area contributed by atoms with Crippen molar-refractivity contribution < 1.29 is 15.0 Å². The number of rotatable bonds is 2. The van der Waals surface area contributed by atoms with Crippen molar-refractivity contribution >= 4 is 21.9 Å². The first kappa shape index (κ1) is 9.21. The molecule has 1 rings (SSSR count). The number of nitrogens with zero attached hydrogens (tertiary/aromatic N) is 2. The Hall–Kier alpha value is -0.880. The summed E-state index contributed by atoms with van der Waals surface area (Å²) in [5.41, 5.74) is 0.369. The van der Waals surface area contributed by atoms with E-state index in [9.17, 15) is 4.79 Å². The van der Waals surface area contributed by atoms with Gasteiger partial charge < -0.3 is 10.2 Å². The maximum absolute atomic E-state index is 10.6. The molecule has 1 aromatic rings. The topological polar surface area (TPSA) is 75.3 Å². The lowest BCUT2D eigenvalue weighted by Crippen LogP contribution is -2.05. The molecule has 0 aliphatic heterocycles. The summed E-state index contributed by atoms with van der Waals surface area (Å²) in [6.45, 7) is -0.276. The molecule has 0 bridgehead atoms. The highest BCUT2D eigenvalue weighted by atomic mass is 79.9.